The lowest BCUT2D eigenvalue weighted by atomic mass is 10.2. The fraction of sp³-hybridized carbons (Fsp3) is 0.400. The molecule has 1 aromatic heterocycles. The number of halogens is 1. The molecule has 1 amide bonds. The molecule has 1 saturated heterocycles. The van der Waals surface area contributed by atoms with E-state index in [1.807, 2.05) is 47.4 Å². The topological polar surface area (TPSA) is 69.9 Å². The van der Waals surface area contributed by atoms with Crippen LogP contribution in [-0.2, 0) is 17.8 Å². The Hall–Kier alpha value is -2.03. The van der Waals surface area contributed by atoms with E-state index in [0.29, 0.717) is 19.0 Å². The van der Waals surface area contributed by atoms with Crippen LogP contribution in [0.1, 0.15) is 24.2 Å². The average Bonchev–Trinajstić information content (AvgIpc) is 3.38. The molecule has 2 N–H and O–H groups in total. The molecule has 146 valence electrons. The number of furan rings is 1. The molecule has 0 bridgehead atoms. The first-order valence-corrected chi connectivity index (χ1v) is 9.17. The highest BCUT2D eigenvalue weighted by Gasteiger charge is 2.17. The third-order valence-electron chi connectivity index (χ3n) is 4.37. The number of nitrogens with zero attached hydrogens (tertiary/aromatic N) is 2. The van der Waals surface area contributed by atoms with Crippen LogP contribution in [-0.4, -0.2) is 42.9 Å². The lowest BCUT2D eigenvalue weighted by Crippen LogP contribution is -2.44. The molecule has 3 rings (SSSR count). The molecule has 1 aliphatic rings. The van der Waals surface area contributed by atoms with Gasteiger partial charge in [-0.25, -0.2) is 4.99 Å². The molecule has 1 aliphatic heterocycles. The van der Waals surface area contributed by atoms with E-state index in [4.69, 9.17) is 4.42 Å². The van der Waals surface area contributed by atoms with Gasteiger partial charge in [-0.15, -0.1) is 24.0 Å². The van der Waals surface area contributed by atoms with Crippen molar-refractivity contribution in [2.45, 2.75) is 25.8 Å². The van der Waals surface area contributed by atoms with E-state index >= 15 is 0 Å². The Morgan fingerprint density at radius 3 is 2.56 bits per heavy atom. The first-order chi connectivity index (χ1) is 12.8. The highest BCUT2D eigenvalue weighted by atomic mass is 127. The van der Waals surface area contributed by atoms with E-state index in [1.54, 1.807) is 6.26 Å². The number of benzene rings is 1. The summed E-state index contributed by atoms with van der Waals surface area (Å²) in [5.41, 5.74) is 1.13. The van der Waals surface area contributed by atoms with E-state index < -0.39 is 0 Å². The van der Waals surface area contributed by atoms with Gasteiger partial charge in [-0.1, -0.05) is 30.3 Å². The Morgan fingerprint density at radius 2 is 1.85 bits per heavy atom. The summed E-state index contributed by atoms with van der Waals surface area (Å²) >= 11 is 0. The van der Waals surface area contributed by atoms with Gasteiger partial charge in [0.05, 0.1) is 19.4 Å². The number of hydrogen-bond donors (Lipinski definition) is 2. The van der Waals surface area contributed by atoms with Crippen LogP contribution >= 0.6 is 24.0 Å². The monoisotopic (exact) mass is 482 g/mol. The molecule has 0 aliphatic carbocycles. The van der Waals surface area contributed by atoms with E-state index in [9.17, 15) is 4.79 Å². The molecule has 6 nitrogen and oxygen atoms in total. The summed E-state index contributed by atoms with van der Waals surface area (Å²) in [6.07, 6.45) is 4.63. The predicted molar refractivity (Wildman–Crippen MR) is 117 cm³/mol. The molecule has 0 unspecified atom stereocenters. The fourth-order valence-corrected chi connectivity index (χ4v) is 2.92. The Balaban J connectivity index is 0.00000261. The third-order valence-corrected chi connectivity index (χ3v) is 4.37. The molecule has 2 aromatic rings. The molecule has 0 spiro atoms. The second-order valence-electron chi connectivity index (χ2n) is 6.35. The van der Waals surface area contributed by atoms with E-state index in [1.165, 1.54) is 0 Å². The van der Waals surface area contributed by atoms with Crippen LogP contribution < -0.4 is 10.6 Å². The van der Waals surface area contributed by atoms with Crippen LogP contribution in [0.5, 0.6) is 0 Å². The summed E-state index contributed by atoms with van der Waals surface area (Å²) in [5, 5.41) is 6.45. The number of nitrogens with one attached hydrogen (secondary N) is 2. The zero-order valence-electron chi connectivity index (χ0n) is 15.4. The zero-order chi connectivity index (χ0) is 18.0. The van der Waals surface area contributed by atoms with Crippen molar-refractivity contribution in [2.75, 3.05) is 26.2 Å². The number of rotatable bonds is 7. The zero-order valence-corrected chi connectivity index (χ0v) is 17.7. The van der Waals surface area contributed by atoms with Crippen molar-refractivity contribution < 1.29 is 9.21 Å². The van der Waals surface area contributed by atoms with Gasteiger partial charge in [0.1, 0.15) is 5.76 Å². The minimum Gasteiger partial charge on any atom is -0.469 e. The second-order valence-corrected chi connectivity index (χ2v) is 6.35. The van der Waals surface area contributed by atoms with Crippen LogP contribution in [0.3, 0.4) is 0 Å². The number of likely N-dealkylation sites (tertiary alicyclic amines) is 1. The Morgan fingerprint density at radius 1 is 1.07 bits per heavy atom. The first-order valence-electron chi connectivity index (χ1n) is 9.17. The maximum atomic E-state index is 12.3. The van der Waals surface area contributed by atoms with Gasteiger partial charge in [0.25, 0.3) is 0 Å². The van der Waals surface area contributed by atoms with Gasteiger partial charge in [-0.05, 0) is 30.5 Å². The highest BCUT2D eigenvalue weighted by Crippen LogP contribution is 2.06. The van der Waals surface area contributed by atoms with Crippen molar-refractivity contribution in [3.63, 3.8) is 0 Å². The van der Waals surface area contributed by atoms with Crippen molar-refractivity contribution in [1.29, 1.82) is 0 Å². The fourth-order valence-electron chi connectivity index (χ4n) is 2.92. The van der Waals surface area contributed by atoms with Gasteiger partial charge in [-0.2, -0.15) is 0 Å². The summed E-state index contributed by atoms with van der Waals surface area (Å²) < 4.78 is 5.35. The van der Waals surface area contributed by atoms with Gasteiger partial charge in [0.15, 0.2) is 5.96 Å². The van der Waals surface area contributed by atoms with Crippen molar-refractivity contribution in [3.05, 3.63) is 60.1 Å². The highest BCUT2D eigenvalue weighted by molar-refractivity contribution is 14.0. The number of guanidine groups is 1. The molecule has 1 fully saturated rings. The maximum absolute atomic E-state index is 12.3. The second kappa shape index (κ2) is 11.6. The molecular formula is C20H27IN4O2. The Labute approximate surface area is 177 Å². The lowest BCUT2D eigenvalue weighted by Gasteiger charge is -2.17. The molecule has 1 aromatic carbocycles. The van der Waals surface area contributed by atoms with Crippen LogP contribution in [0.2, 0.25) is 0 Å². The van der Waals surface area contributed by atoms with Crippen LogP contribution in [0, 0.1) is 0 Å². The molecule has 0 atom stereocenters. The summed E-state index contributed by atoms with van der Waals surface area (Å²) in [5.74, 6) is 1.70. The number of carbonyl (C=O) groups is 1. The van der Waals surface area contributed by atoms with Crippen molar-refractivity contribution in [1.82, 2.24) is 15.5 Å². The standard InChI is InChI=1S/C20H26N4O2.HI/c25-19(24-12-4-5-13-24)16-23-20(21-11-10-18-9-6-14-26-18)22-15-17-7-2-1-3-8-17;/h1-3,6-9,14H,4-5,10-13,15-16H2,(H2,21,22,23);1H. The van der Waals surface area contributed by atoms with Crippen LogP contribution in [0.15, 0.2) is 58.1 Å². The Bertz CT molecular complexity index is 698. The normalized spacial score (nSPS) is 13.9. The molecule has 7 heteroatoms. The predicted octanol–water partition coefficient (Wildman–Crippen LogP) is 2.80. The third kappa shape index (κ3) is 7.24. The molecule has 0 saturated carbocycles. The van der Waals surface area contributed by atoms with E-state index in [-0.39, 0.29) is 36.4 Å². The quantitative estimate of drug-likeness (QED) is 0.362. The summed E-state index contributed by atoms with van der Waals surface area (Å²) in [4.78, 5) is 18.8. The van der Waals surface area contributed by atoms with Crippen LogP contribution in [0.4, 0.5) is 0 Å². The van der Waals surface area contributed by atoms with Gasteiger partial charge in [0, 0.05) is 26.1 Å². The largest absolute Gasteiger partial charge is 0.469 e. The smallest absolute Gasteiger partial charge is 0.241 e. The first kappa shape index (κ1) is 21.3. The average molecular weight is 482 g/mol. The van der Waals surface area contributed by atoms with Crippen molar-refractivity contribution >= 4 is 35.8 Å². The SMILES string of the molecule is I.O=C(CNC(=NCc1ccccc1)NCCc1ccco1)N1CCCC1. The van der Waals surface area contributed by atoms with E-state index in [0.717, 1.165) is 43.7 Å². The summed E-state index contributed by atoms with van der Waals surface area (Å²) in [6, 6.07) is 13.9. The van der Waals surface area contributed by atoms with Gasteiger partial charge in [0.2, 0.25) is 5.91 Å². The lowest BCUT2D eigenvalue weighted by molar-refractivity contribution is -0.128. The summed E-state index contributed by atoms with van der Waals surface area (Å²) in [7, 11) is 0. The van der Waals surface area contributed by atoms with E-state index in [2.05, 4.69) is 15.6 Å². The number of carbonyl (C=O) groups excluding carboxylic acids is 1. The minimum absolute atomic E-state index is 0. The number of hydrogen-bond acceptors (Lipinski definition) is 3. The van der Waals surface area contributed by atoms with Gasteiger partial charge < -0.3 is 20.0 Å². The molecule has 2 heterocycles. The van der Waals surface area contributed by atoms with Crippen molar-refractivity contribution in [3.8, 4) is 0 Å². The van der Waals surface area contributed by atoms with Gasteiger partial charge in [-0.3, -0.25) is 4.79 Å². The molecular weight excluding hydrogens is 455 g/mol. The summed E-state index contributed by atoms with van der Waals surface area (Å²) in [6.45, 7) is 3.24. The molecule has 27 heavy (non-hydrogen) atoms. The Kier molecular flexibility index (Phi) is 9.17. The number of amides is 1. The van der Waals surface area contributed by atoms with Gasteiger partial charge >= 0.3 is 0 Å². The maximum Gasteiger partial charge on any atom is 0.241 e. The molecule has 0 radical (unpaired) electrons. The minimum atomic E-state index is 0. The van der Waals surface area contributed by atoms with Crippen molar-refractivity contribution in [2.24, 2.45) is 4.99 Å². The van der Waals surface area contributed by atoms with Crippen LogP contribution in [0.25, 0.3) is 0 Å². The number of aliphatic imine (C=N–C) groups is 1.